The van der Waals surface area contributed by atoms with E-state index in [1.54, 1.807) is 11.3 Å². The number of imidazole rings is 1. The molecule has 2 aromatic rings. The molecule has 1 fully saturated rings. The van der Waals surface area contributed by atoms with E-state index in [4.69, 9.17) is 23.3 Å². The minimum atomic E-state index is -0.217. The van der Waals surface area contributed by atoms with Gasteiger partial charge in [0.1, 0.15) is 11.3 Å². The molecule has 1 saturated carbocycles. The van der Waals surface area contributed by atoms with Crippen LogP contribution in [-0.2, 0) is 12.0 Å². The molecule has 0 atom stereocenters. The summed E-state index contributed by atoms with van der Waals surface area (Å²) >= 11 is 6.26. The van der Waals surface area contributed by atoms with Crippen LogP contribution in [0.1, 0.15) is 39.4 Å². The highest BCUT2D eigenvalue weighted by Gasteiger charge is 2.30. The molecule has 3 rings (SSSR count). The van der Waals surface area contributed by atoms with Crippen molar-refractivity contribution in [2.45, 2.75) is 51.6 Å². The Kier molecular flexibility index (Phi) is 3.89. The van der Waals surface area contributed by atoms with Crippen LogP contribution in [0.2, 0.25) is 5.15 Å². The molecule has 124 valence electrons. The number of nitrogens with two attached hydrogens (primary N) is 2. The monoisotopic (exact) mass is 336 g/mol. The van der Waals surface area contributed by atoms with Crippen LogP contribution in [0.3, 0.4) is 0 Å². The summed E-state index contributed by atoms with van der Waals surface area (Å²) in [6.07, 6.45) is 3.77. The van der Waals surface area contributed by atoms with Gasteiger partial charge in [-0.1, -0.05) is 32.4 Å². The zero-order valence-corrected chi connectivity index (χ0v) is 14.2. The van der Waals surface area contributed by atoms with Crippen molar-refractivity contribution in [3.05, 3.63) is 17.3 Å². The Hall–Kier alpha value is -1.93. The quantitative estimate of drug-likeness (QED) is 0.288. The first-order valence-electron chi connectivity index (χ1n) is 7.51. The van der Waals surface area contributed by atoms with Crippen molar-refractivity contribution < 1.29 is 0 Å². The van der Waals surface area contributed by atoms with E-state index in [1.807, 2.05) is 25.3 Å². The Bertz CT molecular complexity index is 756. The summed E-state index contributed by atoms with van der Waals surface area (Å²) in [5.74, 6) is 12.8. The maximum absolute atomic E-state index is 6.26. The number of hydrogen-bond acceptors (Lipinski definition) is 6. The first kappa shape index (κ1) is 15.9. The smallest absolute Gasteiger partial charge is 0.165 e. The Morgan fingerprint density at radius 2 is 2.13 bits per heavy atom. The van der Waals surface area contributed by atoms with E-state index < -0.39 is 0 Å². The Labute approximate surface area is 139 Å². The highest BCUT2D eigenvalue weighted by molar-refractivity contribution is 6.33. The average Bonchev–Trinajstić information content (AvgIpc) is 3.25. The molecule has 23 heavy (non-hydrogen) atoms. The lowest BCUT2D eigenvalue weighted by Gasteiger charge is -2.20. The van der Waals surface area contributed by atoms with Crippen molar-refractivity contribution in [3.8, 4) is 0 Å². The van der Waals surface area contributed by atoms with Crippen molar-refractivity contribution in [2.24, 2.45) is 16.8 Å². The van der Waals surface area contributed by atoms with E-state index in [9.17, 15) is 0 Å². The predicted molar refractivity (Wildman–Crippen MR) is 89.7 cm³/mol. The average molecular weight is 337 g/mol. The number of fused-ring (bicyclic) bond motifs is 1. The lowest BCUT2D eigenvalue weighted by atomic mass is 9.96. The molecule has 2 heterocycles. The van der Waals surface area contributed by atoms with Gasteiger partial charge in [0.15, 0.2) is 16.6 Å². The first-order valence-corrected chi connectivity index (χ1v) is 7.88. The van der Waals surface area contributed by atoms with E-state index in [0.717, 1.165) is 12.8 Å². The zero-order valence-electron chi connectivity index (χ0n) is 13.5. The fourth-order valence-electron chi connectivity index (χ4n) is 2.27. The van der Waals surface area contributed by atoms with Crippen LogP contribution in [0.4, 0.5) is 0 Å². The molecule has 0 bridgehead atoms. The molecule has 0 radical (unpaired) electrons. The molecular weight excluding hydrogens is 316 g/mol. The maximum atomic E-state index is 6.26. The van der Waals surface area contributed by atoms with Gasteiger partial charge in [-0.3, -0.25) is 5.01 Å². The topological polar surface area (TPSA) is 111 Å². The van der Waals surface area contributed by atoms with Crippen LogP contribution >= 0.6 is 11.6 Å². The van der Waals surface area contributed by atoms with Crippen molar-refractivity contribution in [1.29, 1.82) is 0 Å². The van der Waals surface area contributed by atoms with Crippen LogP contribution in [0.5, 0.6) is 0 Å². The molecule has 2 aromatic heterocycles. The van der Waals surface area contributed by atoms with Crippen molar-refractivity contribution in [1.82, 2.24) is 24.5 Å². The summed E-state index contributed by atoms with van der Waals surface area (Å²) in [7, 11) is 0. The minimum absolute atomic E-state index is 0.217. The second-order valence-corrected chi connectivity index (χ2v) is 7.17. The van der Waals surface area contributed by atoms with Crippen molar-refractivity contribution in [2.75, 3.05) is 0 Å². The van der Waals surface area contributed by atoms with Gasteiger partial charge in [0.05, 0.1) is 12.9 Å². The van der Waals surface area contributed by atoms with Crippen LogP contribution in [0.15, 0.2) is 11.4 Å². The largest absolute Gasteiger partial charge is 0.321 e. The maximum Gasteiger partial charge on any atom is 0.165 e. The molecule has 4 N–H and O–H groups in total. The normalized spacial score (nSPS) is 16.1. The second-order valence-electron chi connectivity index (χ2n) is 6.82. The minimum Gasteiger partial charge on any atom is -0.321 e. The Morgan fingerprint density at radius 1 is 1.43 bits per heavy atom. The van der Waals surface area contributed by atoms with Crippen LogP contribution in [0, 0.1) is 0 Å². The molecular formula is C14H21ClN8. The lowest BCUT2D eigenvalue weighted by molar-refractivity contribution is 0.414. The van der Waals surface area contributed by atoms with Gasteiger partial charge in [-0.15, -0.1) is 0 Å². The molecule has 1 aliphatic carbocycles. The van der Waals surface area contributed by atoms with E-state index in [2.05, 4.69) is 20.1 Å². The van der Waals surface area contributed by atoms with E-state index in [-0.39, 0.29) is 5.41 Å². The fraction of sp³-hybridized carbons (Fsp3) is 0.571. The summed E-state index contributed by atoms with van der Waals surface area (Å²) in [5.41, 5.74) is 0.998. The highest BCUT2D eigenvalue weighted by Crippen LogP contribution is 2.26. The zero-order chi connectivity index (χ0) is 16.8. The molecule has 0 saturated heterocycles. The molecule has 8 nitrogen and oxygen atoms in total. The number of amidine groups is 1. The molecule has 0 unspecified atom stereocenters. The van der Waals surface area contributed by atoms with Gasteiger partial charge >= 0.3 is 0 Å². The molecule has 1 aliphatic rings. The van der Waals surface area contributed by atoms with Gasteiger partial charge < -0.3 is 10.4 Å². The van der Waals surface area contributed by atoms with Crippen molar-refractivity contribution >= 4 is 28.6 Å². The number of hydrogen-bond donors (Lipinski definition) is 2. The van der Waals surface area contributed by atoms with Gasteiger partial charge in [0.2, 0.25) is 0 Å². The number of hydrazone groups is 1. The third-order valence-electron chi connectivity index (χ3n) is 3.79. The molecule has 9 heteroatoms. The summed E-state index contributed by atoms with van der Waals surface area (Å²) < 4.78 is 1.84. The van der Waals surface area contributed by atoms with Gasteiger partial charge in [0, 0.05) is 11.5 Å². The van der Waals surface area contributed by atoms with E-state index in [0.29, 0.717) is 40.6 Å². The first-order chi connectivity index (χ1) is 10.8. The number of halogens is 1. The molecule has 0 aromatic carbocycles. The molecule has 0 spiro atoms. The number of hydrazine groups is 1. The highest BCUT2D eigenvalue weighted by atomic mass is 35.5. The summed E-state index contributed by atoms with van der Waals surface area (Å²) in [6, 6.07) is 0.315. The standard InChI is InChI=1S/C14H21ClN8/c1-14(2,3)13-19-11(15)10-12(20-13)22(7-18-10)6-9(21-16)23(17)8-4-5-8/h7-8H,4-6,16-17H2,1-3H3/b21-9-. The number of nitrogens with zero attached hydrogens (tertiary/aromatic N) is 6. The summed E-state index contributed by atoms with van der Waals surface area (Å²) in [5, 5.41) is 5.79. The molecule has 0 aliphatic heterocycles. The SMILES string of the molecule is CC(C)(C)c1nc(Cl)c2ncn(C/C(=N/N)N(N)C3CC3)c2n1. The predicted octanol–water partition coefficient (Wildman–Crippen LogP) is 1.39. The Balaban J connectivity index is 1.99. The third-order valence-corrected chi connectivity index (χ3v) is 4.05. The number of aromatic nitrogens is 4. The van der Waals surface area contributed by atoms with Gasteiger partial charge in [-0.05, 0) is 12.8 Å². The van der Waals surface area contributed by atoms with E-state index in [1.165, 1.54) is 0 Å². The van der Waals surface area contributed by atoms with E-state index >= 15 is 0 Å². The Morgan fingerprint density at radius 3 is 2.70 bits per heavy atom. The van der Waals surface area contributed by atoms with Crippen molar-refractivity contribution in [3.63, 3.8) is 0 Å². The second kappa shape index (κ2) is 5.61. The third kappa shape index (κ3) is 3.09. The fourth-order valence-corrected chi connectivity index (χ4v) is 2.48. The van der Waals surface area contributed by atoms with Crippen LogP contribution in [0.25, 0.3) is 11.2 Å². The number of rotatable bonds is 3. The van der Waals surface area contributed by atoms with Crippen LogP contribution in [-0.4, -0.2) is 36.4 Å². The summed E-state index contributed by atoms with van der Waals surface area (Å²) in [6.45, 7) is 6.49. The summed E-state index contributed by atoms with van der Waals surface area (Å²) in [4.78, 5) is 13.3. The van der Waals surface area contributed by atoms with Crippen LogP contribution < -0.4 is 11.7 Å². The van der Waals surface area contributed by atoms with Gasteiger partial charge in [0.25, 0.3) is 0 Å². The van der Waals surface area contributed by atoms with Gasteiger partial charge in [-0.25, -0.2) is 20.8 Å². The lowest BCUT2D eigenvalue weighted by Crippen LogP contribution is -2.42. The molecule has 0 amide bonds. The van der Waals surface area contributed by atoms with Gasteiger partial charge in [-0.2, -0.15) is 5.10 Å².